The first-order chi connectivity index (χ1) is 14.1. The van der Waals surface area contributed by atoms with Crippen molar-refractivity contribution >= 4 is 15.5 Å². The van der Waals surface area contributed by atoms with E-state index in [1.54, 1.807) is 0 Å². The smallest absolute Gasteiger partial charge is 0.406 e. The van der Waals surface area contributed by atoms with Crippen LogP contribution in [-0.2, 0) is 14.7 Å². The van der Waals surface area contributed by atoms with Gasteiger partial charge in [-0.2, -0.15) is 0 Å². The molecule has 0 radical (unpaired) electrons. The van der Waals surface area contributed by atoms with Crippen molar-refractivity contribution in [3.63, 3.8) is 0 Å². The van der Waals surface area contributed by atoms with Crippen molar-refractivity contribution in [2.24, 2.45) is 5.16 Å². The molecule has 1 aliphatic rings. The molecule has 1 aliphatic heterocycles. The molecule has 0 aliphatic carbocycles. The molecule has 30 heavy (non-hydrogen) atoms. The summed E-state index contributed by atoms with van der Waals surface area (Å²) in [6.45, 7) is 1.36. The van der Waals surface area contributed by atoms with Crippen molar-refractivity contribution in [3.8, 4) is 5.75 Å². The van der Waals surface area contributed by atoms with Gasteiger partial charge >= 0.3 is 6.36 Å². The highest BCUT2D eigenvalue weighted by atomic mass is 32.2. The normalized spacial score (nSPS) is 16.0. The largest absolute Gasteiger partial charge is 0.573 e. The minimum absolute atomic E-state index is 0.114. The van der Waals surface area contributed by atoms with E-state index in [0.717, 1.165) is 30.3 Å². The molecular formula is C18H18F3N3O5S. The number of aromatic amines is 1. The minimum atomic E-state index is -4.90. The summed E-state index contributed by atoms with van der Waals surface area (Å²) in [6, 6.07) is 6.17. The standard InChI is InChI=1S/C18H18F3N3O5S/c19-18(20,21)28-14-2-4-15(5-3-14)30(26,27)17(12-1-6-16(25)23-11-12)29-24-13-7-9-22-10-8-13/h1-6,11,17,22H,7-10H2,(H,23,25). The lowest BCUT2D eigenvalue weighted by atomic mass is 10.1. The number of aromatic nitrogens is 1. The summed E-state index contributed by atoms with van der Waals surface area (Å²) in [7, 11) is -4.23. The van der Waals surface area contributed by atoms with Gasteiger partial charge in [-0.15, -0.1) is 13.2 Å². The summed E-state index contributed by atoms with van der Waals surface area (Å²) in [4.78, 5) is 18.8. The quantitative estimate of drug-likeness (QED) is 0.662. The Hall–Kier alpha value is -2.86. The van der Waals surface area contributed by atoms with E-state index in [1.165, 1.54) is 12.3 Å². The van der Waals surface area contributed by atoms with Crippen molar-refractivity contribution in [1.29, 1.82) is 0 Å². The van der Waals surface area contributed by atoms with Gasteiger partial charge in [-0.25, -0.2) is 8.42 Å². The topological polar surface area (TPSA) is 110 Å². The van der Waals surface area contributed by atoms with E-state index in [0.29, 0.717) is 31.6 Å². The van der Waals surface area contributed by atoms with E-state index >= 15 is 0 Å². The van der Waals surface area contributed by atoms with Gasteiger partial charge in [-0.1, -0.05) is 5.16 Å². The third-order valence-electron chi connectivity index (χ3n) is 4.21. The first-order valence-corrected chi connectivity index (χ1v) is 10.4. The predicted octanol–water partition coefficient (Wildman–Crippen LogP) is 2.50. The minimum Gasteiger partial charge on any atom is -0.406 e. The average Bonchev–Trinajstić information content (AvgIpc) is 2.69. The molecule has 1 unspecified atom stereocenters. The monoisotopic (exact) mass is 445 g/mol. The van der Waals surface area contributed by atoms with Gasteiger partial charge in [0.2, 0.25) is 15.4 Å². The summed E-state index contributed by atoms with van der Waals surface area (Å²) in [5.74, 6) is -0.557. The Labute approximate surface area is 169 Å². The van der Waals surface area contributed by atoms with Crippen molar-refractivity contribution in [2.45, 2.75) is 29.5 Å². The Bertz CT molecular complexity index is 1040. The van der Waals surface area contributed by atoms with Crippen molar-refractivity contribution in [1.82, 2.24) is 10.3 Å². The Morgan fingerprint density at radius 1 is 1.03 bits per heavy atom. The van der Waals surface area contributed by atoms with Gasteiger partial charge < -0.3 is 19.9 Å². The van der Waals surface area contributed by atoms with Crippen LogP contribution in [-0.4, -0.2) is 38.6 Å². The number of alkyl halides is 3. The predicted molar refractivity (Wildman–Crippen MR) is 101 cm³/mol. The van der Waals surface area contributed by atoms with E-state index in [2.05, 4.69) is 20.2 Å². The van der Waals surface area contributed by atoms with E-state index in [1.807, 2.05) is 0 Å². The van der Waals surface area contributed by atoms with Crippen LogP contribution in [0, 0.1) is 0 Å². The second kappa shape index (κ2) is 8.88. The van der Waals surface area contributed by atoms with Crippen LogP contribution in [0.5, 0.6) is 5.75 Å². The van der Waals surface area contributed by atoms with Gasteiger partial charge in [0.25, 0.3) is 5.44 Å². The number of halogens is 3. The average molecular weight is 445 g/mol. The molecule has 1 aromatic carbocycles. The molecule has 2 aromatic rings. The second-order valence-corrected chi connectivity index (χ2v) is 8.38. The maximum absolute atomic E-state index is 13.1. The molecule has 2 N–H and O–H groups in total. The zero-order valence-electron chi connectivity index (χ0n) is 15.5. The number of ether oxygens (including phenoxy) is 1. The van der Waals surface area contributed by atoms with Gasteiger partial charge in [0, 0.05) is 43.8 Å². The number of oxime groups is 1. The van der Waals surface area contributed by atoms with Crippen LogP contribution in [0.1, 0.15) is 23.8 Å². The Balaban J connectivity index is 1.92. The summed E-state index contributed by atoms with van der Waals surface area (Å²) in [6.07, 6.45) is -2.54. The number of piperidine rings is 1. The summed E-state index contributed by atoms with van der Waals surface area (Å²) in [5, 5.41) is 7.10. The molecule has 1 aromatic heterocycles. The van der Waals surface area contributed by atoms with Crippen LogP contribution < -0.4 is 15.6 Å². The highest BCUT2D eigenvalue weighted by molar-refractivity contribution is 7.91. The zero-order chi connectivity index (χ0) is 21.8. The lowest BCUT2D eigenvalue weighted by Crippen LogP contribution is -2.28. The molecule has 0 spiro atoms. The van der Waals surface area contributed by atoms with Crippen LogP contribution in [0.15, 0.2) is 57.4 Å². The highest BCUT2D eigenvalue weighted by Crippen LogP contribution is 2.32. The fourth-order valence-electron chi connectivity index (χ4n) is 2.75. The maximum atomic E-state index is 13.1. The van der Waals surface area contributed by atoms with Gasteiger partial charge in [-0.05, 0) is 30.3 Å². The molecule has 1 atom stereocenters. The van der Waals surface area contributed by atoms with E-state index in [4.69, 9.17) is 4.84 Å². The van der Waals surface area contributed by atoms with Crippen molar-refractivity contribution < 1.29 is 31.2 Å². The molecule has 0 saturated carbocycles. The summed E-state index contributed by atoms with van der Waals surface area (Å²) >= 11 is 0. The summed E-state index contributed by atoms with van der Waals surface area (Å²) < 4.78 is 67.0. The fraction of sp³-hybridized carbons (Fsp3) is 0.333. The molecule has 2 heterocycles. The van der Waals surface area contributed by atoms with E-state index in [-0.39, 0.29) is 10.5 Å². The summed E-state index contributed by atoms with van der Waals surface area (Å²) in [5.41, 5.74) is -1.25. The number of benzene rings is 1. The zero-order valence-corrected chi connectivity index (χ0v) is 16.3. The number of rotatable bonds is 6. The van der Waals surface area contributed by atoms with Crippen LogP contribution in [0.4, 0.5) is 13.2 Å². The molecule has 12 heteroatoms. The maximum Gasteiger partial charge on any atom is 0.573 e. The third kappa shape index (κ3) is 5.60. The molecule has 162 valence electrons. The molecular weight excluding hydrogens is 427 g/mol. The van der Waals surface area contributed by atoms with E-state index in [9.17, 15) is 26.4 Å². The third-order valence-corrected chi connectivity index (χ3v) is 6.06. The number of sulfone groups is 1. The number of nitrogens with one attached hydrogen (secondary N) is 2. The second-order valence-electron chi connectivity index (χ2n) is 6.40. The first-order valence-electron chi connectivity index (χ1n) is 8.86. The molecule has 8 nitrogen and oxygen atoms in total. The van der Waals surface area contributed by atoms with Crippen molar-refractivity contribution in [3.05, 3.63) is 58.5 Å². The van der Waals surface area contributed by atoms with Gasteiger partial charge in [-0.3, -0.25) is 4.79 Å². The Morgan fingerprint density at radius 3 is 2.27 bits per heavy atom. The number of H-pyrrole nitrogens is 1. The van der Waals surface area contributed by atoms with Gasteiger partial charge in [0.05, 0.1) is 10.6 Å². The number of hydrogen-bond donors (Lipinski definition) is 2. The molecule has 0 amide bonds. The molecule has 0 bridgehead atoms. The number of pyridine rings is 1. The lowest BCUT2D eigenvalue weighted by molar-refractivity contribution is -0.274. The fourth-order valence-corrected chi connectivity index (χ4v) is 4.17. The van der Waals surface area contributed by atoms with Gasteiger partial charge in [0.1, 0.15) is 5.75 Å². The van der Waals surface area contributed by atoms with Crippen LogP contribution in [0.2, 0.25) is 0 Å². The van der Waals surface area contributed by atoms with E-state index < -0.39 is 32.9 Å². The van der Waals surface area contributed by atoms with Gasteiger partial charge in [0.15, 0.2) is 0 Å². The molecule has 3 rings (SSSR count). The van der Waals surface area contributed by atoms with Crippen molar-refractivity contribution in [2.75, 3.05) is 13.1 Å². The number of hydrogen-bond acceptors (Lipinski definition) is 7. The Morgan fingerprint density at radius 2 is 1.70 bits per heavy atom. The lowest BCUT2D eigenvalue weighted by Gasteiger charge is -2.19. The molecule has 1 saturated heterocycles. The van der Waals surface area contributed by atoms with Crippen LogP contribution in [0.3, 0.4) is 0 Å². The Kier molecular flexibility index (Phi) is 6.46. The SMILES string of the molecule is O=c1ccc(C(ON=C2CCNCC2)S(=O)(=O)c2ccc(OC(F)(F)F)cc2)c[nH]1. The molecule has 1 fully saturated rings. The number of nitrogens with zero attached hydrogens (tertiary/aromatic N) is 1. The first kappa shape index (κ1) is 21.8. The van der Waals surface area contributed by atoms with Crippen LogP contribution in [0.25, 0.3) is 0 Å². The van der Waals surface area contributed by atoms with Crippen LogP contribution >= 0.6 is 0 Å². The highest BCUT2D eigenvalue weighted by Gasteiger charge is 2.34.